The minimum Gasteiger partial charge on any atom is -0.507 e. The van der Waals surface area contributed by atoms with Crippen molar-refractivity contribution in [1.82, 2.24) is 14.9 Å². The molecule has 4 rings (SSSR count). The lowest BCUT2D eigenvalue weighted by Gasteiger charge is -2.24. The first kappa shape index (κ1) is 22.3. The summed E-state index contributed by atoms with van der Waals surface area (Å²) in [5, 5.41) is 14.4. The minimum absolute atomic E-state index is 0.0476. The normalized spacial score (nSPS) is 16.4. The number of nitrogens with one attached hydrogen (secondary N) is 1. The summed E-state index contributed by atoms with van der Waals surface area (Å²) in [4.78, 5) is 23.2. The van der Waals surface area contributed by atoms with Gasteiger partial charge in [0, 0.05) is 29.0 Å². The van der Waals surface area contributed by atoms with E-state index in [1.165, 1.54) is 18.2 Å². The molecule has 2 heterocycles. The van der Waals surface area contributed by atoms with Gasteiger partial charge >= 0.3 is 6.09 Å². The first-order valence-electron chi connectivity index (χ1n) is 10.3. The smallest absolute Gasteiger partial charge is 0.410 e. The van der Waals surface area contributed by atoms with E-state index in [-0.39, 0.29) is 29.3 Å². The van der Waals surface area contributed by atoms with Crippen LogP contribution < -0.4 is 5.32 Å². The van der Waals surface area contributed by atoms with Crippen molar-refractivity contribution in [1.29, 1.82) is 0 Å². The van der Waals surface area contributed by atoms with Crippen molar-refractivity contribution in [2.75, 3.05) is 18.4 Å². The van der Waals surface area contributed by atoms with E-state index < -0.39 is 11.4 Å². The number of fused-ring (bicyclic) bond motifs is 1. The van der Waals surface area contributed by atoms with Gasteiger partial charge in [-0.15, -0.1) is 0 Å². The Morgan fingerprint density at radius 1 is 1.25 bits per heavy atom. The molecule has 0 bridgehead atoms. The van der Waals surface area contributed by atoms with Crippen LogP contribution in [-0.4, -0.2) is 50.8 Å². The number of rotatable bonds is 3. The van der Waals surface area contributed by atoms with Crippen LogP contribution in [-0.2, 0) is 4.74 Å². The van der Waals surface area contributed by atoms with Crippen LogP contribution in [0.4, 0.5) is 15.0 Å². The number of aromatic nitrogens is 2. The van der Waals surface area contributed by atoms with Gasteiger partial charge in [-0.25, -0.2) is 19.2 Å². The third-order valence-corrected chi connectivity index (χ3v) is 5.53. The Labute approximate surface area is 193 Å². The Morgan fingerprint density at radius 3 is 2.78 bits per heavy atom. The molecule has 0 radical (unpaired) electrons. The average Bonchev–Trinajstić information content (AvgIpc) is 3.17. The maximum Gasteiger partial charge on any atom is 0.410 e. The van der Waals surface area contributed by atoms with Gasteiger partial charge in [-0.3, -0.25) is 0 Å². The summed E-state index contributed by atoms with van der Waals surface area (Å²) in [5.74, 6) is 0.161. The van der Waals surface area contributed by atoms with E-state index in [0.717, 1.165) is 16.3 Å². The van der Waals surface area contributed by atoms with Gasteiger partial charge in [0.15, 0.2) is 5.82 Å². The zero-order valence-corrected chi connectivity index (χ0v) is 19.6. The number of ether oxygens (including phenoxy) is 1. The van der Waals surface area contributed by atoms with E-state index in [1.807, 2.05) is 39.0 Å². The van der Waals surface area contributed by atoms with Crippen LogP contribution in [0.3, 0.4) is 0 Å². The summed E-state index contributed by atoms with van der Waals surface area (Å²) in [6.45, 7) is 6.55. The number of phenolic OH excluding ortho intramolecular Hbond substituents is 1. The van der Waals surface area contributed by atoms with Crippen LogP contribution >= 0.6 is 15.9 Å². The average molecular weight is 503 g/mol. The third-order valence-electron chi connectivity index (χ3n) is 5.04. The van der Waals surface area contributed by atoms with Crippen molar-refractivity contribution in [3.63, 3.8) is 0 Å². The molecule has 0 spiro atoms. The van der Waals surface area contributed by atoms with Crippen molar-refractivity contribution in [3.05, 3.63) is 46.7 Å². The Balaban J connectivity index is 1.65. The fourth-order valence-corrected chi connectivity index (χ4v) is 3.94. The van der Waals surface area contributed by atoms with Gasteiger partial charge in [0.1, 0.15) is 23.0 Å². The molecule has 1 aliphatic rings. The highest BCUT2D eigenvalue weighted by Gasteiger charge is 2.30. The molecule has 0 aliphatic carbocycles. The highest BCUT2D eigenvalue weighted by atomic mass is 79.9. The number of halogens is 2. The van der Waals surface area contributed by atoms with Crippen molar-refractivity contribution >= 4 is 38.7 Å². The summed E-state index contributed by atoms with van der Waals surface area (Å²) in [6.07, 6.45) is 0.377. The Kier molecular flexibility index (Phi) is 5.94. The number of hydrogen-bond acceptors (Lipinski definition) is 6. The third kappa shape index (κ3) is 4.93. The van der Waals surface area contributed by atoms with Crippen molar-refractivity contribution in [2.45, 2.75) is 38.8 Å². The predicted octanol–water partition coefficient (Wildman–Crippen LogP) is 5.33. The summed E-state index contributed by atoms with van der Waals surface area (Å²) >= 11 is 3.48. The van der Waals surface area contributed by atoms with Gasteiger partial charge in [-0.1, -0.05) is 15.9 Å². The van der Waals surface area contributed by atoms with Crippen LogP contribution in [0.2, 0.25) is 0 Å². The molecule has 1 saturated heterocycles. The molecule has 2 N–H and O–H groups in total. The van der Waals surface area contributed by atoms with E-state index >= 15 is 0 Å². The van der Waals surface area contributed by atoms with Crippen molar-refractivity contribution in [3.8, 4) is 17.1 Å². The lowest BCUT2D eigenvalue weighted by Crippen LogP contribution is -2.36. The van der Waals surface area contributed by atoms with Gasteiger partial charge in [0.25, 0.3) is 0 Å². The zero-order valence-electron chi connectivity index (χ0n) is 18.0. The number of aromatic hydroxyl groups is 1. The molecule has 1 atom stereocenters. The van der Waals surface area contributed by atoms with E-state index in [4.69, 9.17) is 4.74 Å². The van der Waals surface area contributed by atoms with E-state index in [1.54, 1.807) is 4.90 Å². The molecule has 1 unspecified atom stereocenters. The molecule has 3 aromatic rings. The fraction of sp³-hybridized carbons (Fsp3) is 0.348. The number of anilines is 1. The van der Waals surface area contributed by atoms with E-state index in [2.05, 4.69) is 31.2 Å². The minimum atomic E-state index is -0.556. The number of benzene rings is 2. The Morgan fingerprint density at radius 2 is 2.03 bits per heavy atom. The number of likely N-dealkylation sites (tertiary alicyclic amines) is 1. The van der Waals surface area contributed by atoms with Crippen LogP contribution in [0, 0.1) is 5.82 Å². The van der Waals surface area contributed by atoms with Gasteiger partial charge < -0.3 is 20.1 Å². The van der Waals surface area contributed by atoms with E-state index in [9.17, 15) is 14.3 Å². The molecule has 168 valence electrons. The number of carbonyl (C=O) groups is 1. The lowest BCUT2D eigenvalue weighted by atomic mass is 10.1. The highest BCUT2D eigenvalue weighted by molar-refractivity contribution is 9.10. The van der Waals surface area contributed by atoms with Gasteiger partial charge in [0.2, 0.25) is 0 Å². The fourth-order valence-electron chi connectivity index (χ4n) is 3.58. The second-order valence-corrected chi connectivity index (χ2v) is 9.69. The van der Waals surface area contributed by atoms with Crippen LogP contribution in [0.5, 0.6) is 5.75 Å². The second kappa shape index (κ2) is 8.54. The van der Waals surface area contributed by atoms with Gasteiger partial charge in [-0.2, -0.15) is 0 Å². The van der Waals surface area contributed by atoms with Crippen LogP contribution in [0.25, 0.3) is 22.3 Å². The molecule has 0 saturated carbocycles. The maximum atomic E-state index is 13.8. The maximum absolute atomic E-state index is 13.8. The SMILES string of the molecule is CC(C)(C)OC(=O)N1CCC(Nc2nc(-c3cc(F)ccc3O)nc3ccc(Br)cc23)C1. The van der Waals surface area contributed by atoms with Crippen molar-refractivity contribution < 1.29 is 19.0 Å². The number of phenols is 1. The van der Waals surface area contributed by atoms with E-state index in [0.29, 0.717) is 24.4 Å². The molecular weight excluding hydrogens is 479 g/mol. The lowest BCUT2D eigenvalue weighted by molar-refractivity contribution is 0.0293. The number of nitrogens with zero attached hydrogens (tertiary/aromatic N) is 3. The Hall–Kier alpha value is -2.94. The van der Waals surface area contributed by atoms with Crippen molar-refractivity contribution in [2.24, 2.45) is 0 Å². The van der Waals surface area contributed by atoms with Gasteiger partial charge in [0.05, 0.1) is 11.1 Å². The molecule has 1 fully saturated rings. The Bertz CT molecular complexity index is 1180. The quantitative estimate of drug-likeness (QED) is 0.503. The molecule has 1 aliphatic heterocycles. The summed E-state index contributed by atoms with van der Waals surface area (Å²) in [7, 11) is 0. The number of amides is 1. The number of hydrogen-bond donors (Lipinski definition) is 2. The summed E-state index contributed by atoms with van der Waals surface area (Å²) in [5.41, 5.74) is 0.297. The molecule has 32 heavy (non-hydrogen) atoms. The molecule has 1 amide bonds. The first-order valence-corrected chi connectivity index (χ1v) is 11.1. The predicted molar refractivity (Wildman–Crippen MR) is 124 cm³/mol. The summed E-state index contributed by atoms with van der Waals surface area (Å²) < 4.78 is 20.2. The largest absolute Gasteiger partial charge is 0.507 e. The molecular formula is C23H24BrFN4O3. The standard InChI is InChI=1S/C23H24BrFN4O3/c1-23(2,3)32-22(31)29-9-8-15(12-29)26-20-16-10-13(24)4-6-18(16)27-21(28-20)17-11-14(25)5-7-19(17)30/h4-7,10-11,15,30H,8-9,12H2,1-3H3,(H,26,27,28). The van der Waals surface area contributed by atoms with Gasteiger partial charge in [-0.05, 0) is 63.6 Å². The molecule has 9 heteroatoms. The highest BCUT2D eigenvalue weighted by Crippen LogP contribution is 2.32. The number of carbonyl (C=O) groups excluding carboxylic acids is 1. The molecule has 1 aromatic heterocycles. The molecule has 7 nitrogen and oxygen atoms in total. The topological polar surface area (TPSA) is 87.6 Å². The monoisotopic (exact) mass is 502 g/mol. The first-order chi connectivity index (χ1) is 15.1. The van der Waals surface area contributed by atoms with Crippen LogP contribution in [0.15, 0.2) is 40.9 Å². The van der Waals surface area contributed by atoms with Crippen LogP contribution in [0.1, 0.15) is 27.2 Å². The second-order valence-electron chi connectivity index (χ2n) is 8.78. The molecule has 2 aromatic carbocycles. The zero-order chi connectivity index (χ0) is 23.0. The summed E-state index contributed by atoms with van der Waals surface area (Å²) in [6, 6.07) is 9.20.